The smallest absolute Gasteiger partial charge is 0.223 e. The number of amides is 1. The molecule has 28 heavy (non-hydrogen) atoms. The zero-order valence-corrected chi connectivity index (χ0v) is 16.0. The van der Waals surface area contributed by atoms with Gasteiger partial charge in [-0.25, -0.2) is 9.37 Å². The topological polar surface area (TPSA) is 46.9 Å². The van der Waals surface area contributed by atoms with Crippen LogP contribution in [-0.2, 0) is 17.8 Å². The van der Waals surface area contributed by atoms with Crippen LogP contribution in [0, 0.1) is 11.7 Å². The highest BCUT2D eigenvalue weighted by Crippen LogP contribution is 2.23. The summed E-state index contributed by atoms with van der Waals surface area (Å²) in [5.41, 5.74) is 3.02. The number of nitrogens with one attached hydrogen (secondary N) is 1. The van der Waals surface area contributed by atoms with E-state index in [0.717, 1.165) is 48.1 Å². The largest absolute Gasteiger partial charge is 0.355 e. The first-order chi connectivity index (χ1) is 13.7. The molecule has 4 rings (SSSR count). The lowest BCUT2D eigenvalue weighted by atomic mass is 9.89. The van der Waals surface area contributed by atoms with Crippen LogP contribution >= 0.6 is 0 Å². The van der Waals surface area contributed by atoms with Crippen LogP contribution in [0.2, 0.25) is 0 Å². The first-order valence-electron chi connectivity index (χ1n) is 10.2. The van der Waals surface area contributed by atoms with E-state index in [1.54, 1.807) is 12.1 Å². The summed E-state index contributed by atoms with van der Waals surface area (Å²) in [5.74, 6) is 1.06. The van der Waals surface area contributed by atoms with Crippen LogP contribution in [0.5, 0.6) is 0 Å². The van der Waals surface area contributed by atoms with Gasteiger partial charge in [-0.15, -0.1) is 0 Å². The van der Waals surface area contributed by atoms with E-state index in [2.05, 4.69) is 16.0 Å². The number of imidazole rings is 1. The van der Waals surface area contributed by atoms with Crippen molar-refractivity contribution in [1.29, 1.82) is 0 Å². The van der Waals surface area contributed by atoms with Gasteiger partial charge in [0.1, 0.15) is 11.6 Å². The predicted molar refractivity (Wildman–Crippen MR) is 109 cm³/mol. The average Bonchev–Trinajstić information content (AvgIpc) is 3.07. The van der Waals surface area contributed by atoms with Crippen molar-refractivity contribution in [2.45, 2.75) is 45.1 Å². The van der Waals surface area contributed by atoms with Crippen LogP contribution in [0.1, 0.15) is 43.5 Å². The van der Waals surface area contributed by atoms with Gasteiger partial charge in [-0.3, -0.25) is 4.79 Å². The molecule has 146 valence electrons. The average molecular weight is 379 g/mol. The van der Waals surface area contributed by atoms with Crippen LogP contribution in [0.3, 0.4) is 0 Å². The number of para-hydroxylation sites is 2. The molecule has 1 N–H and O–H groups in total. The molecule has 0 aliphatic heterocycles. The monoisotopic (exact) mass is 379 g/mol. The van der Waals surface area contributed by atoms with E-state index in [4.69, 9.17) is 4.98 Å². The molecule has 4 nitrogen and oxygen atoms in total. The SMILES string of the molecule is O=C(NCCc1nc2ccccc2n1Cc1ccc(F)cc1)C1CCCCC1. The van der Waals surface area contributed by atoms with Gasteiger partial charge in [0.05, 0.1) is 11.0 Å². The summed E-state index contributed by atoms with van der Waals surface area (Å²) < 4.78 is 15.4. The van der Waals surface area contributed by atoms with Gasteiger partial charge in [-0.05, 0) is 42.7 Å². The van der Waals surface area contributed by atoms with Crippen molar-refractivity contribution >= 4 is 16.9 Å². The molecule has 0 bridgehead atoms. The molecule has 0 unspecified atom stereocenters. The number of hydrogen-bond donors (Lipinski definition) is 1. The Balaban J connectivity index is 1.48. The quantitative estimate of drug-likeness (QED) is 0.687. The van der Waals surface area contributed by atoms with Gasteiger partial charge in [0, 0.05) is 25.4 Å². The number of aromatic nitrogens is 2. The van der Waals surface area contributed by atoms with Crippen molar-refractivity contribution in [3.8, 4) is 0 Å². The Kier molecular flexibility index (Phi) is 5.70. The molecule has 0 atom stereocenters. The van der Waals surface area contributed by atoms with E-state index in [1.165, 1.54) is 18.6 Å². The molecule has 1 aromatic heterocycles. The second-order valence-electron chi connectivity index (χ2n) is 7.61. The first-order valence-corrected chi connectivity index (χ1v) is 10.2. The maximum absolute atomic E-state index is 13.2. The normalized spacial score (nSPS) is 15.0. The van der Waals surface area contributed by atoms with E-state index in [9.17, 15) is 9.18 Å². The minimum absolute atomic E-state index is 0.173. The molecule has 3 aromatic rings. The van der Waals surface area contributed by atoms with Crippen molar-refractivity contribution in [3.05, 3.63) is 65.7 Å². The number of carbonyl (C=O) groups excluding carboxylic acids is 1. The van der Waals surface area contributed by atoms with Gasteiger partial charge in [0.2, 0.25) is 5.91 Å². The van der Waals surface area contributed by atoms with Crippen molar-refractivity contribution in [2.75, 3.05) is 6.54 Å². The van der Waals surface area contributed by atoms with Gasteiger partial charge in [0.15, 0.2) is 0 Å². The van der Waals surface area contributed by atoms with Crippen LogP contribution in [0.25, 0.3) is 11.0 Å². The molecule has 1 aliphatic rings. The zero-order valence-electron chi connectivity index (χ0n) is 16.0. The Bertz CT molecular complexity index is 942. The van der Waals surface area contributed by atoms with Crippen LogP contribution < -0.4 is 5.32 Å². The minimum Gasteiger partial charge on any atom is -0.355 e. The summed E-state index contributed by atoms with van der Waals surface area (Å²) in [5, 5.41) is 3.10. The van der Waals surface area contributed by atoms with Crippen molar-refractivity contribution in [2.24, 2.45) is 5.92 Å². The van der Waals surface area contributed by atoms with Gasteiger partial charge in [0.25, 0.3) is 0 Å². The molecule has 0 saturated heterocycles. The lowest BCUT2D eigenvalue weighted by molar-refractivity contribution is -0.125. The fraction of sp³-hybridized carbons (Fsp3) is 0.391. The van der Waals surface area contributed by atoms with E-state index in [-0.39, 0.29) is 17.6 Å². The van der Waals surface area contributed by atoms with E-state index < -0.39 is 0 Å². The highest BCUT2D eigenvalue weighted by Gasteiger charge is 2.20. The molecule has 1 aliphatic carbocycles. The molecule has 1 heterocycles. The number of hydrogen-bond acceptors (Lipinski definition) is 2. The lowest BCUT2D eigenvalue weighted by Crippen LogP contribution is -2.33. The number of carbonyl (C=O) groups is 1. The second kappa shape index (κ2) is 8.55. The molecule has 1 amide bonds. The lowest BCUT2D eigenvalue weighted by Gasteiger charge is -2.20. The number of halogens is 1. The fourth-order valence-corrected chi connectivity index (χ4v) is 4.07. The third-order valence-electron chi connectivity index (χ3n) is 5.61. The Hall–Kier alpha value is -2.69. The van der Waals surface area contributed by atoms with E-state index in [0.29, 0.717) is 19.5 Å². The maximum Gasteiger partial charge on any atom is 0.223 e. The summed E-state index contributed by atoms with van der Waals surface area (Å²) in [6.07, 6.45) is 6.26. The molecule has 0 radical (unpaired) electrons. The van der Waals surface area contributed by atoms with Crippen LogP contribution in [-0.4, -0.2) is 22.0 Å². The Morgan fingerprint density at radius 2 is 1.82 bits per heavy atom. The number of fused-ring (bicyclic) bond motifs is 1. The minimum atomic E-state index is -0.232. The van der Waals surface area contributed by atoms with Crippen LogP contribution in [0.15, 0.2) is 48.5 Å². The molecule has 1 fully saturated rings. The predicted octanol–water partition coefficient (Wildman–Crippen LogP) is 4.46. The Morgan fingerprint density at radius 1 is 1.07 bits per heavy atom. The van der Waals surface area contributed by atoms with Gasteiger partial charge in [-0.2, -0.15) is 0 Å². The Labute approximate surface area is 164 Å². The molecular formula is C23H26FN3O. The third-order valence-corrected chi connectivity index (χ3v) is 5.61. The molecule has 1 saturated carbocycles. The van der Waals surface area contributed by atoms with Gasteiger partial charge < -0.3 is 9.88 Å². The summed E-state index contributed by atoms with van der Waals surface area (Å²) >= 11 is 0. The molecule has 2 aromatic carbocycles. The molecular weight excluding hydrogens is 353 g/mol. The zero-order chi connectivity index (χ0) is 19.3. The summed E-state index contributed by atoms with van der Waals surface area (Å²) in [7, 11) is 0. The van der Waals surface area contributed by atoms with Gasteiger partial charge in [-0.1, -0.05) is 43.5 Å². The van der Waals surface area contributed by atoms with E-state index >= 15 is 0 Å². The second-order valence-corrected chi connectivity index (χ2v) is 7.61. The summed E-state index contributed by atoms with van der Waals surface area (Å²) in [6, 6.07) is 14.6. The van der Waals surface area contributed by atoms with Crippen molar-refractivity contribution in [3.63, 3.8) is 0 Å². The summed E-state index contributed by atoms with van der Waals surface area (Å²) in [6.45, 7) is 1.22. The Morgan fingerprint density at radius 3 is 2.61 bits per heavy atom. The highest BCUT2D eigenvalue weighted by molar-refractivity contribution is 5.79. The fourth-order valence-electron chi connectivity index (χ4n) is 4.07. The standard InChI is InChI=1S/C23H26FN3O/c24-19-12-10-17(11-13-19)16-27-21-9-5-4-8-20(21)26-22(27)14-15-25-23(28)18-6-2-1-3-7-18/h4-5,8-13,18H,1-3,6-7,14-16H2,(H,25,28). The van der Waals surface area contributed by atoms with Crippen molar-refractivity contribution in [1.82, 2.24) is 14.9 Å². The summed E-state index contributed by atoms with van der Waals surface area (Å²) in [4.78, 5) is 17.2. The van der Waals surface area contributed by atoms with Crippen molar-refractivity contribution < 1.29 is 9.18 Å². The van der Waals surface area contributed by atoms with Crippen LogP contribution in [0.4, 0.5) is 4.39 Å². The maximum atomic E-state index is 13.2. The number of rotatable bonds is 6. The third kappa shape index (κ3) is 4.24. The number of benzene rings is 2. The molecule has 5 heteroatoms. The van der Waals surface area contributed by atoms with E-state index in [1.807, 2.05) is 18.2 Å². The molecule has 0 spiro atoms. The highest BCUT2D eigenvalue weighted by atomic mass is 19.1. The first kappa shape index (κ1) is 18.7. The number of nitrogens with zero attached hydrogens (tertiary/aromatic N) is 2. The van der Waals surface area contributed by atoms with Gasteiger partial charge >= 0.3 is 0 Å².